The molecule has 4 heteroatoms. The molecule has 0 aromatic rings. The Kier molecular flexibility index (Phi) is 4.35. The van der Waals surface area contributed by atoms with E-state index in [1.807, 2.05) is 20.9 Å². The topological polar surface area (TPSA) is 44.4 Å². The Hall–Kier alpha value is -0.610. The highest BCUT2D eigenvalue weighted by Gasteiger charge is 2.26. The molecule has 1 fully saturated rings. The van der Waals surface area contributed by atoms with E-state index in [-0.39, 0.29) is 11.9 Å². The van der Waals surface area contributed by atoms with Crippen LogP contribution in [0.5, 0.6) is 0 Å². The maximum absolute atomic E-state index is 11.6. The molecular weight excluding hydrogens is 178 g/mol. The summed E-state index contributed by atoms with van der Waals surface area (Å²) in [6.07, 6.45) is 1.14. The first-order valence-electron chi connectivity index (χ1n) is 5.37. The Balaban J connectivity index is 2.41. The summed E-state index contributed by atoms with van der Waals surface area (Å²) >= 11 is 0. The van der Waals surface area contributed by atoms with Crippen molar-refractivity contribution < 1.29 is 4.79 Å². The highest BCUT2D eigenvalue weighted by molar-refractivity contribution is 5.81. The molecule has 0 bridgehead atoms. The van der Waals surface area contributed by atoms with Crippen LogP contribution in [-0.2, 0) is 4.79 Å². The summed E-state index contributed by atoms with van der Waals surface area (Å²) in [5, 5.41) is 6.15. The number of rotatable bonds is 4. The van der Waals surface area contributed by atoms with Gasteiger partial charge in [-0.1, -0.05) is 0 Å². The van der Waals surface area contributed by atoms with E-state index in [1.54, 1.807) is 0 Å². The van der Waals surface area contributed by atoms with Crippen LogP contribution in [0.2, 0.25) is 0 Å². The van der Waals surface area contributed by atoms with Crippen molar-refractivity contribution >= 4 is 5.91 Å². The van der Waals surface area contributed by atoms with Gasteiger partial charge in [-0.2, -0.15) is 0 Å². The van der Waals surface area contributed by atoms with Gasteiger partial charge in [-0.25, -0.2) is 0 Å². The summed E-state index contributed by atoms with van der Waals surface area (Å²) in [5.41, 5.74) is 0. The average Bonchev–Trinajstić information content (AvgIpc) is 2.68. The highest BCUT2D eigenvalue weighted by Crippen LogP contribution is 2.09. The molecule has 2 N–H and O–H groups in total. The van der Waals surface area contributed by atoms with Crippen LogP contribution in [-0.4, -0.2) is 49.6 Å². The fourth-order valence-electron chi connectivity index (χ4n) is 1.81. The zero-order valence-electron chi connectivity index (χ0n) is 9.34. The number of likely N-dealkylation sites (N-methyl/N-ethyl adjacent to an activating group) is 2. The molecule has 0 saturated carbocycles. The molecule has 2 unspecified atom stereocenters. The van der Waals surface area contributed by atoms with Crippen LogP contribution in [0.25, 0.3) is 0 Å². The summed E-state index contributed by atoms with van der Waals surface area (Å²) in [7, 11) is 2.03. The number of carbonyl (C=O) groups is 1. The second kappa shape index (κ2) is 5.32. The third-order valence-electron chi connectivity index (χ3n) is 2.95. The maximum Gasteiger partial charge on any atom is 0.237 e. The number of amides is 1. The number of carbonyl (C=O) groups excluding carboxylic acids is 1. The molecule has 82 valence electrons. The Morgan fingerprint density at radius 1 is 1.71 bits per heavy atom. The zero-order chi connectivity index (χ0) is 10.6. The molecule has 1 heterocycles. The van der Waals surface area contributed by atoms with Crippen LogP contribution < -0.4 is 10.6 Å². The van der Waals surface area contributed by atoms with Gasteiger partial charge in [0.2, 0.25) is 5.91 Å². The second-order valence-corrected chi connectivity index (χ2v) is 3.88. The molecule has 0 aromatic heterocycles. The van der Waals surface area contributed by atoms with Gasteiger partial charge in [-0.05, 0) is 33.9 Å². The molecule has 4 nitrogen and oxygen atoms in total. The Morgan fingerprint density at radius 2 is 2.43 bits per heavy atom. The largest absolute Gasteiger partial charge is 0.355 e. The van der Waals surface area contributed by atoms with Crippen LogP contribution in [0, 0.1) is 0 Å². The first kappa shape index (κ1) is 11.5. The standard InChI is InChI=1S/C10H21N3O/c1-4-12-10(14)8(2)13(3)9-5-6-11-7-9/h8-9,11H,4-7H2,1-3H3,(H,12,14). The van der Waals surface area contributed by atoms with Crippen LogP contribution in [0.1, 0.15) is 20.3 Å². The minimum Gasteiger partial charge on any atom is -0.355 e. The van der Waals surface area contributed by atoms with E-state index in [9.17, 15) is 4.79 Å². The number of nitrogens with zero attached hydrogens (tertiary/aromatic N) is 1. The Labute approximate surface area is 86.0 Å². The fraction of sp³-hybridized carbons (Fsp3) is 0.900. The highest BCUT2D eigenvalue weighted by atomic mass is 16.2. The van der Waals surface area contributed by atoms with Crippen molar-refractivity contribution in [3.05, 3.63) is 0 Å². The van der Waals surface area contributed by atoms with Gasteiger partial charge < -0.3 is 10.6 Å². The van der Waals surface area contributed by atoms with Crippen molar-refractivity contribution in [3.63, 3.8) is 0 Å². The quantitative estimate of drug-likeness (QED) is 0.659. The Bertz CT molecular complexity index is 190. The molecule has 0 aliphatic carbocycles. The minimum atomic E-state index is -0.0279. The Morgan fingerprint density at radius 3 is 2.93 bits per heavy atom. The molecule has 0 spiro atoms. The van der Waals surface area contributed by atoms with E-state index in [0.29, 0.717) is 12.6 Å². The molecule has 1 rings (SSSR count). The number of nitrogens with one attached hydrogen (secondary N) is 2. The predicted octanol–water partition coefficient (Wildman–Crippen LogP) is -0.195. The van der Waals surface area contributed by atoms with Crippen molar-refractivity contribution in [1.82, 2.24) is 15.5 Å². The van der Waals surface area contributed by atoms with Gasteiger partial charge in [0.05, 0.1) is 6.04 Å². The normalized spacial score (nSPS) is 23.9. The monoisotopic (exact) mass is 199 g/mol. The van der Waals surface area contributed by atoms with Gasteiger partial charge in [0, 0.05) is 19.1 Å². The van der Waals surface area contributed by atoms with Gasteiger partial charge >= 0.3 is 0 Å². The van der Waals surface area contributed by atoms with Crippen LogP contribution in [0.15, 0.2) is 0 Å². The minimum absolute atomic E-state index is 0.0279. The summed E-state index contributed by atoms with van der Waals surface area (Å²) in [5.74, 6) is 0.127. The average molecular weight is 199 g/mol. The smallest absolute Gasteiger partial charge is 0.237 e. The molecule has 14 heavy (non-hydrogen) atoms. The van der Waals surface area contributed by atoms with Gasteiger partial charge in [0.1, 0.15) is 0 Å². The third kappa shape index (κ3) is 2.69. The van der Waals surface area contributed by atoms with E-state index >= 15 is 0 Å². The van der Waals surface area contributed by atoms with Crippen molar-refractivity contribution in [2.45, 2.75) is 32.4 Å². The lowest BCUT2D eigenvalue weighted by Gasteiger charge is -2.28. The van der Waals surface area contributed by atoms with Crippen LogP contribution in [0.3, 0.4) is 0 Å². The van der Waals surface area contributed by atoms with Crippen LogP contribution >= 0.6 is 0 Å². The lowest BCUT2D eigenvalue weighted by Crippen LogP contribution is -2.48. The summed E-state index contributed by atoms with van der Waals surface area (Å²) < 4.78 is 0. The van der Waals surface area contributed by atoms with Crippen molar-refractivity contribution in [2.24, 2.45) is 0 Å². The first-order chi connectivity index (χ1) is 6.66. The molecule has 1 aliphatic heterocycles. The van der Waals surface area contributed by atoms with Gasteiger partial charge in [0.15, 0.2) is 0 Å². The third-order valence-corrected chi connectivity index (χ3v) is 2.95. The van der Waals surface area contributed by atoms with E-state index in [1.165, 1.54) is 0 Å². The van der Waals surface area contributed by atoms with Crippen LogP contribution in [0.4, 0.5) is 0 Å². The van der Waals surface area contributed by atoms with Gasteiger partial charge in [-0.3, -0.25) is 9.69 Å². The molecule has 0 aromatic carbocycles. The fourth-order valence-corrected chi connectivity index (χ4v) is 1.81. The van der Waals surface area contributed by atoms with Gasteiger partial charge in [-0.15, -0.1) is 0 Å². The summed E-state index contributed by atoms with van der Waals surface area (Å²) in [6, 6.07) is 0.479. The molecular formula is C10H21N3O. The molecule has 2 atom stereocenters. The maximum atomic E-state index is 11.6. The van der Waals surface area contributed by atoms with E-state index in [4.69, 9.17) is 0 Å². The van der Waals surface area contributed by atoms with E-state index < -0.39 is 0 Å². The second-order valence-electron chi connectivity index (χ2n) is 3.88. The van der Waals surface area contributed by atoms with Crippen molar-refractivity contribution in [2.75, 3.05) is 26.7 Å². The van der Waals surface area contributed by atoms with Gasteiger partial charge in [0.25, 0.3) is 0 Å². The van der Waals surface area contributed by atoms with E-state index in [2.05, 4.69) is 15.5 Å². The van der Waals surface area contributed by atoms with Crippen molar-refractivity contribution in [1.29, 1.82) is 0 Å². The molecule has 0 radical (unpaired) electrons. The number of hydrogen-bond acceptors (Lipinski definition) is 3. The number of hydrogen-bond donors (Lipinski definition) is 2. The predicted molar refractivity (Wildman–Crippen MR) is 57.2 cm³/mol. The lowest BCUT2D eigenvalue weighted by molar-refractivity contribution is -0.125. The summed E-state index contributed by atoms with van der Waals surface area (Å²) in [6.45, 7) is 6.68. The van der Waals surface area contributed by atoms with E-state index in [0.717, 1.165) is 19.5 Å². The molecule has 1 amide bonds. The lowest BCUT2D eigenvalue weighted by atomic mass is 10.1. The SMILES string of the molecule is CCNC(=O)C(C)N(C)C1CCNC1. The molecule has 1 saturated heterocycles. The molecule has 1 aliphatic rings. The van der Waals surface area contributed by atoms with Crippen molar-refractivity contribution in [3.8, 4) is 0 Å². The first-order valence-corrected chi connectivity index (χ1v) is 5.37. The summed E-state index contributed by atoms with van der Waals surface area (Å²) in [4.78, 5) is 13.7. The zero-order valence-corrected chi connectivity index (χ0v) is 9.34.